The molecule has 1 rings (SSSR count). The maximum absolute atomic E-state index is 11.8. The molecule has 1 aromatic heterocycles. The molecule has 0 unspecified atom stereocenters. The van der Waals surface area contributed by atoms with E-state index in [1.54, 1.807) is 4.90 Å². The summed E-state index contributed by atoms with van der Waals surface area (Å²) in [6.07, 6.45) is 0. The molecule has 0 bridgehead atoms. The van der Waals surface area contributed by atoms with Gasteiger partial charge in [-0.25, -0.2) is 4.98 Å². The summed E-state index contributed by atoms with van der Waals surface area (Å²) in [5, 5.41) is 3.55. The van der Waals surface area contributed by atoms with Crippen molar-refractivity contribution in [1.82, 2.24) is 9.88 Å². The first-order chi connectivity index (χ1) is 6.69. The molecule has 3 nitrogen and oxygen atoms in total. The van der Waals surface area contributed by atoms with Crippen LogP contribution in [0.15, 0.2) is 5.38 Å². The summed E-state index contributed by atoms with van der Waals surface area (Å²) in [7, 11) is 0. The van der Waals surface area contributed by atoms with E-state index in [1.165, 1.54) is 11.3 Å². The van der Waals surface area contributed by atoms with Gasteiger partial charge in [0.05, 0.1) is 5.01 Å². The zero-order chi connectivity index (χ0) is 10.6. The van der Waals surface area contributed by atoms with Gasteiger partial charge in [-0.15, -0.1) is 11.3 Å². The van der Waals surface area contributed by atoms with Crippen molar-refractivity contribution in [2.75, 3.05) is 18.4 Å². The Balaban J connectivity index is 2.72. The van der Waals surface area contributed by atoms with E-state index in [9.17, 15) is 4.79 Å². The Morgan fingerprint density at radius 3 is 2.86 bits per heavy atom. The van der Waals surface area contributed by atoms with Crippen LogP contribution in [0.3, 0.4) is 0 Å². The Labute approximate surface area is 96.3 Å². The second-order valence-corrected chi connectivity index (χ2v) is 4.68. The molecule has 0 aliphatic carbocycles. The lowest BCUT2D eigenvalue weighted by Gasteiger charge is -2.17. The number of thiazole rings is 1. The van der Waals surface area contributed by atoms with Crippen LogP contribution in [0.2, 0.25) is 0 Å². The van der Waals surface area contributed by atoms with Crippen molar-refractivity contribution < 1.29 is 4.79 Å². The summed E-state index contributed by atoms with van der Waals surface area (Å²) in [4.78, 5) is 17.8. The van der Waals surface area contributed by atoms with Gasteiger partial charge >= 0.3 is 0 Å². The SMILES string of the molecule is CCN(CCBr)C(=O)c1csc(C)n1. The zero-order valence-electron chi connectivity index (χ0n) is 8.29. The number of carbonyl (C=O) groups is 1. The number of hydrogen-bond donors (Lipinski definition) is 0. The Kier molecular flexibility index (Phi) is 4.54. The topological polar surface area (TPSA) is 33.2 Å². The molecule has 0 aromatic carbocycles. The van der Waals surface area contributed by atoms with Crippen LogP contribution in [0.1, 0.15) is 22.4 Å². The van der Waals surface area contributed by atoms with Crippen molar-refractivity contribution in [2.45, 2.75) is 13.8 Å². The second kappa shape index (κ2) is 5.46. The number of aryl methyl sites for hydroxylation is 1. The molecule has 0 fully saturated rings. The third-order valence-electron chi connectivity index (χ3n) is 1.86. The van der Waals surface area contributed by atoms with Crippen LogP contribution in [0.5, 0.6) is 0 Å². The molecule has 0 N–H and O–H groups in total. The molecule has 0 aliphatic rings. The number of nitrogens with zero attached hydrogens (tertiary/aromatic N) is 2. The standard InChI is InChI=1S/C9H13BrN2OS/c1-3-12(5-4-10)9(13)8-6-14-7(2)11-8/h6H,3-5H2,1-2H3. The van der Waals surface area contributed by atoms with Crippen LogP contribution in [0, 0.1) is 6.92 Å². The minimum Gasteiger partial charge on any atom is -0.337 e. The third kappa shape index (κ3) is 2.78. The van der Waals surface area contributed by atoms with E-state index >= 15 is 0 Å². The first-order valence-electron chi connectivity index (χ1n) is 4.46. The third-order valence-corrected chi connectivity index (χ3v) is 2.99. The predicted octanol–water partition coefficient (Wildman–Crippen LogP) is 2.31. The molecule has 0 atom stereocenters. The summed E-state index contributed by atoms with van der Waals surface area (Å²) in [5.74, 6) is 0.0244. The smallest absolute Gasteiger partial charge is 0.273 e. The van der Waals surface area contributed by atoms with Gasteiger partial charge in [0.2, 0.25) is 0 Å². The molecule has 1 heterocycles. The van der Waals surface area contributed by atoms with Crippen molar-refractivity contribution in [2.24, 2.45) is 0 Å². The van der Waals surface area contributed by atoms with Crippen molar-refractivity contribution in [3.63, 3.8) is 0 Å². The molecule has 0 aliphatic heterocycles. The average Bonchev–Trinajstić information content (AvgIpc) is 2.60. The number of halogens is 1. The molecule has 78 valence electrons. The van der Waals surface area contributed by atoms with Crippen LogP contribution >= 0.6 is 27.3 Å². The molecular weight excluding hydrogens is 264 g/mol. The fourth-order valence-corrected chi connectivity index (χ4v) is 2.14. The Bertz CT molecular complexity index is 314. The lowest BCUT2D eigenvalue weighted by Crippen LogP contribution is -2.32. The average molecular weight is 277 g/mol. The summed E-state index contributed by atoms with van der Waals surface area (Å²) in [6.45, 7) is 5.33. The minimum absolute atomic E-state index is 0.0244. The van der Waals surface area contributed by atoms with Crippen molar-refractivity contribution >= 4 is 33.2 Å². The highest BCUT2D eigenvalue weighted by molar-refractivity contribution is 9.09. The van der Waals surface area contributed by atoms with Crippen LogP contribution in [0.4, 0.5) is 0 Å². The predicted molar refractivity (Wildman–Crippen MR) is 62.2 cm³/mol. The molecule has 5 heteroatoms. The summed E-state index contributed by atoms with van der Waals surface area (Å²) in [6, 6.07) is 0. The number of amides is 1. The Morgan fingerprint density at radius 2 is 2.43 bits per heavy atom. The molecular formula is C9H13BrN2OS. The van der Waals surface area contributed by atoms with E-state index in [0.717, 1.165) is 23.4 Å². The van der Waals surface area contributed by atoms with Crippen molar-refractivity contribution in [1.29, 1.82) is 0 Å². The molecule has 14 heavy (non-hydrogen) atoms. The number of carbonyl (C=O) groups excluding carboxylic acids is 1. The quantitative estimate of drug-likeness (QED) is 0.791. The monoisotopic (exact) mass is 276 g/mol. The van der Waals surface area contributed by atoms with Gasteiger partial charge in [0.25, 0.3) is 5.91 Å². The van der Waals surface area contributed by atoms with Gasteiger partial charge in [-0.05, 0) is 13.8 Å². The van der Waals surface area contributed by atoms with Gasteiger partial charge in [0, 0.05) is 23.8 Å². The Morgan fingerprint density at radius 1 is 1.71 bits per heavy atom. The largest absolute Gasteiger partial charge is 0.337 e. The lowest BCUT2D eigenvalue weighted by molar-refractivity contribution is 0.0769. The highest BCUT2D eigenvalue weighted by atomic mass is 79.9. The minimum atomic E-state index is 0.0244. The summed E-state index contributed by atoms with van der Waals surface area (Å²) in [5.41, 5.74) is 0.565. The highest BCUT2D eigenvalue weighted by Gasteiger charge is 2.15. The van der Waals surface area contributed by atoms with Gasteiger partial charge in [0.15, 0.2) is 0 Å². The number of rotatable bonds is 4. The van der Waals surface area contributed by atoms with Gasteiger partial charge in [-0.3, -0.25) is 4.79 Å². The van der Waals surface area contributed by atoms with Crippen LogP contribution in [-0.2, 0) is 0 Å². The van der Waals surface area contributed by atoms with E-state index in [0.29, 0.717) is 5.69 Å². The summed E-state index contributed by atoms with van der Waals surface area (Å²) < 4.78 is 0. The van der Waals surface area contributed by atoms with Gasteiger partial charge in [0.1, 0.15) is 5.69 Å². The van der Waals surface area contributed by atoms with Gasteiger partial charge in [-0.1, -0.05) is 15.9 Å². The van der Waals surface area contributed by atoms with E-state index in [4.69, 9.17) is 0 Å². The molecule has 1 aromatic rings. The van der Waals surface area contributed by atoms with E-state index in [-0.39, 0.29) is 5.91 Å². The number of alkyl halides is 1. The number of aromatic nitrogens is 1. The van der Waals surface area contributed by atoms with E-state index < -0.39 is 0 Å². The molecule has 0 saturated heterocycles. The Hall–Kier alpha value is -0.420. The van der Waals surface area contributed by atoms with Crippen molar-refractivity contribution in [3.05, 3.63) is 16.1 Å². The first-order valence-corrected chi connectivity index (χ1v) is 6.46. The summed E-state index contributed by atoms with van der Waals surface area (Å²) >= 11 is 4.83. The van der Waals surface area contributed by atoms with Gasteiger partial charge in [-0.2, -0.15) is 0 Å². The first kappa shape index (κ1) is 11.7. The van der Waals surface area contributed by atoms with E-state index in [1.807, 2.05) is 19.2 Å². The van der Waals surface area contributed by atoms with Crippen LogP contribution < -0.4 is 0 Å². The van der Waals surface area contributed by atoms with Crippen molar-refractivity contribution in [3.8, 4) is 0 Å². The zero-order valence-corrected chi connectivity index (χ0v) is 10.7. The van der Waals surface area contributed by atoms with E-state index in [2.05, 4.69) is 20.9 Å². The maximum Gasteiger partial charge on any atom is 0.273 e. The van der Waals surface area contributed by atoms with Gasteiger partial charge < -0.3 is 4.90 Å². The molecule has 1 amide bonds. The van der Waals surface area contributed by atoms with Crippen LogP contribution in [0.25, 0.3) is 0 Å². The molecule has 0 saturated carbocycles. The molecule has 0 spiro atoms. The lowest BCUT2D eigenvalue weighted by atomic mass is 10.4. The molecule has 0 radical (unpaired) electrons. The maximum atomic E-state index is 11.8. The van der Waals surface area contributed by atoms with Crippen LogP contribution in [-0.4, -0.2) is 34.2 Å². The normalized spacial score (nSPS) is 10.2. The second-order valence-electron chi connectivity index (χ2n) is 2.83. The number of hydrogen-bond acceptors (Lipinski definition) is 3. The fraction of sp³-hybridized carbons (Fsp3) is 0.556. The fourth-order valence-electron chi connectivity index (χ4n) is 1.13. The highest BCUT2D eigenvalue weighted by Crippen LogP contribution is 2.10.